The van der Waals surface area contributed by atoms with Crippen LogP contribution in [-0.2, 0) is 21.4 Å². The number of carbonyl (C=O) groups is 3. The van der Waals surface area contributed by atoms with Gasteiger partial charge in [0.2, 0.25) is 11.8 Å². The van der Waals surface area contributed by atoms with Crippen molar-refractivity contribution in [3.8, 4) is 11.3 Å². The number of rotatable bonds is 7. The van der Waals surface area contributed by atoms with Gasteiger partial charge in [0.1, 0.15) is 0 Å². The Morgan fingerprint density at radius 1 is 0.953 bits per heavy atom. The van der Waals surface area contributed by atoms with Crippen LogP contribution in [0.2, 0.25) is 0 Å². The quantitative estimate of drug-likeness (QED) is 0.378. The second-order valence-electron chi connectivity index (χ2n) is 11.8. The molecule has 5 N–H and O–H groups in total. The van der Waals surface area contributed by atoms with E-state index in [9.17, 15) is 14.4 Å². The van der Waals surface area contributed by atoms with E-state index in [1.165, 1.54) is 17.5 Å². The van der Waals surface area contributed by atoms with Gasteiger partial charge >= 0.3 is 0 Å². The minimum absolute atomic E-state index is 0.0471. The van der Waals surface area contributed by atoms with Crippen LogP contribution in [0.5, 0.6) is 0 Å². The first-order valence-corrected chi connectivity index (χ1v) is 15.1. The number of anilines is 1. The number of hydrogen-bond donors (Lipinski definition) is 3. The number of carbonyl (C=O) groups excluding carboxylic acids is 3. The Bertz CT molecular complexity index is 1640. The van der Waals surface area contributed by atoms with Crippen molar-refractivity contribution in [1.82, 2.24) is 10.3 Å². The molecule has 3 amide bonds. The fraction of sp³-hybridized carbons (Fsp3) is 0.314. The van der Waals surface area contributed by atoms with Gasteiger partial charge in [0, 0.05) is 41.7 Å². The lowest BCUT2D eigenvalue weighted by Gasteiger charge is -2.34. The molecule has 0 radical (unpaired) electrons. The standard InChI is InChI=1S/C35H37N5O3/c36-32(41)25-10-7-16-35(22-25,34(37)43)29-14-13-26(40-18-4-1-5-19-40)21-28(29)31-20-24(15-17-38-31)33(42)39-30-12-6-9-23-8-2-3-11-27(23)30/h2-3,7-8,10-11,13-17,20-21,30H,1,4-6,9,12,18-19,22H2,(H2,36,41)(H2,37,43)(H,39,42)/t30-,35?/m0/s1. The molecule has 3 aliphatic rings. The molecule has 1 aromatic heterocycles. The molecule has 2 aromatic carbocycles. The van der Waals surface area contributed by atoms with Crippen LogP contribution < -0.4 is 21.7 Å². The first kappa shape index (κ1) is 28.4. The number of piperidine rings is 1. The van der Waals surface area contributed by atoms with Gasteiger partial charge in [-0.15, -0.1) is 0 Å². The Labute approximate surface area is 251 Å². The third-order valence-corrected chi connectivity index (χ3v) is 9.08. The summed E-state index contributed by atoms with van der Waals surface area (Å²) < 4.78 is 0. The number of aromatic nitrogens is 1. The van der Waals surface area contributed by atoms with Crippen LogP contribution in [0.4, 0.5) is 5.69 Å². The number of nitrogens with zero attached hydrogens (tertiary/aromatic N) is 2. The van der Waals surface area contributed by atoms with E-state index in [4.69, 9.17) is 11.5 Å². The van der Waals surface area contributed by atoms with Crippen molar-refractivity contribution < 1.29 is 14.4 Å². The molecule has 2 heterocycles. The summed E-state index contributed by atoms with van der Waals surface area (Å²) >= 11 is 0. The first-order chi connectivity index (χ1) is 20.9. The van der Waals surface area contributed by atoms with Crippen molar-refractivity contribution in [2.24, 2.45) is 11.5 Å². The Morgan fingerprint density at radius 2 is 1.77 bits per heavy atom. The van der Waals surface area contributed by atoms with Crippen molar-refractivity contribution in [2.45, 2.75) is 56.4 Å². The molecule has 6 rings (SSSR count). The number of benzene rings is 2. The highest BCUT2D eigenvalue weighted by Crippen LogP contribution is 2.42. The summed E-state index contributed by atoms with van der Waals surface area (Å²) in [5, 5.41) is 3.24. The molecule has 1 saturated heterocycles. The summed E-state index contributed by atoms with van der Waals surface area (Å²) in [5.74, 6) is -1.37. The number of pyridine rings is 1. The molecular formula is C35H37N5O3. The number of nitrogens with two attached hydrogens (primary N) is 2. The van der Waals surface area contributed by atoms with E-state index in [0.717, 1.165) is 50.9 Å². The summed E-state index contributed by atoms with van der Waals surface area (Å²) in [6.45, 7) is 1.87. The fourth-order valence-corrected chi connectivity index (χ4v) is 6.75. The summed E-state index contributed by atoms with van der Waals surface area (Å²) in [5.41, 5.74) is 16.5. The Kier molecular flexibility index (Phi) is 7.84. The smallest absolute Gasteiger partial charge is 0.251 e. The third kappa shape index (κ3) is 5.57. The van der Waals surface area contributed by atoms with E-state index in [-0.39, 0.29) is 18.4 Å². The van der Waals surface area contributed by atoms with Crippen LogP contribution >= 0.6 is 0 Å². The van der Waals surface area contributed by atoms with Crippen molar-refractivity contribution in [2.75, 3.05) is 18.0 Å². The van der Waals surface area contributed by atoms with Crippen LogP contribution in [0.15, 0.2) is 84.6 Å². The molecule has 1 fully saturated rings. The molecule has 0 saturated carbocycles. The molecular weight excluding hydrogens is 538 g/mol. The lowest BCUT2D eigenvalue weighted by atomic mass is 9.70. The van der Waals surface area contributed by atoms with Crippen LogP contribution in [0.1, 0.15) is 71.6 Å². The van der Waals surface area contributed by atoms with Gasteiger partial charge in [-0.2, -0.15) is 0 Å². The van der Waals surface area contributed by atoms with Gasteiger partial charge in [0.15, 0.2) is 0 Å². The van der Waals surface area contributed by atoms with E-state index >= 15 is 0 Å². The molecule has 0 spiro atoms. The van der Waals surface area contributed by atoms with Crippen LogP contribution in [0, 0.1) is 0 Å². The molecule has 43 heavy (non-hydrogen) atoms. The summed E-state index contributed by atoms with van der Waals surface area (Å²) in [7, 11) is 0. The van der Waals surface area contributed by atoms with Gasteiger partial charge in [0.25, 0.3) is 5.91 Å². The van der Waals surface area contributed by atoms with Crippen LogP contribution in [0.3, 0.4) is 0 Å². The molecule has 2 atom stereocenters. The topological polar surface area (TPSA) is 131 Å². The van der Waals surface area contributed by atoms with Crippen molar-refractivity contribution in [3.63, 3.8) is 0 Å². The molecule has 8 heteroatoms. The van der Waals surface area contributed by atoms with Crippen molar-refractivity contribution in [1.29, 1.82) is 0 Å². The minimum Gasteiger partial charge on any atom is -0.372 e. The fourth-order valence-electron chi connectivity index (χ4n) is 6.75. The van der Waals surface area contributed by atoms with Gasteiger partial charge in [-0.1, -0.05) is 48.6 Å². The van der Waals surface area contributed by atoms with E-state index < -0.39 is 17.2 Å². The lowest BCUT2D eigenvalue weighted by Crippen LogP contribution is -2.42. The highest BCUT2D eigenvalue weighted by Gasteiger charge is 2.41. The summed E-state index contributed by atoms with van der Waals surface area (Å²) in [6.07, 6.45) is 13.0. The van der Waals surface area contributed by atoms with Gasteiger partial charge in [0.05, 0.1) is 17.2 Å². The van der Waals surface area contributed by atoms with E-state index in [1.54, 1.807) is 36.6 Å². The average molecular weight is 576 g/mol. The third-order valence-electron chi connectivity index (χ3n) is 9.08. The molecule has 8 nitrogen and oxygen atoms in total. The van der Waals surface area contributed by atoms with Gasteiger partial charge in [-0.25, -0.2) is 0 Å². The molecule has 1 unspecified atom stereocenters. The number of fused-ring (bicyclic) bond motifs is 1. The zero-order valence-electron chi connectivity index (χ0n) is 24.2. The molecule has 2 aliphatic carbocycles. The highest BCUT2D eigenvalue weighted by molar-refractivity contribution is 5.99. The maximum absolute atomic E-state index is 13.6. The maximum Gasteiger partial charge on any atom is 0.251 e. The average Bonchev–Trinajstić information content (AvgIpc) is 3.05. The first-order valence-electron chi connectivity index (χ1n) is 15.1. The predicted octanol–water partition coefficient (Wildman–Crippen LogP) is 4.64. The number of nitrogens with one attached hydrogen (secondary N) is 1. The normalized spacial score (nSPS) is 21.4. The van der Waals surface area contributed by atoms with Crippen molar-refractivity contribution in [3.05, 3.63) is 107 Å². The molecule has 1 aliphatic heterocycles. The Hall–Kier alpha value is -4.72. The van der Waals surface area contributed by atoms with E-state index in [2.05, 4.69) is 27.3 Å². The zero-order chi connectivity index (χ0) is 30.0. The summed E-state index contributed by atoms with van der Waals surface area (Å²) in [6, 6.07) is 17.6. The monoisotopic (exact) mass is 575 g/mol. The minimum atomic E-state index is -1.30. The Morgan fingerprint density at radius 3 is 2.56 bits per heavy atom. The molecule has 3 aromatic rings. The second-order valence-corrected chi connectivity index (χ2v) is 11.8. The number of hydrogen-bond acceptors (Lipinski definition) is 5. The van der Waals surface area contributed by atoms with E-state index in [0.29, 0.717) is 28.0 Å². The van der Waals surface area contributed by atoms with Crippen LogP contribution in [0.25, 0.3) is 11.3 Å². The van der Waals surface area contributed by atoms with Crippen molar-refractivity contribution >= 4 is 23.4 Å². The lowest BCUT2D eigenvalue weighted by molar-refractivity contribution is -0.122. The SMILES string of the molecule is NC(=O)C1=CC=CC(C(N)=O)(c2ccc(N3CCCCC3)cc2-c2cc(C(=O)N[C@H]3CCCc4ccccc43)ccn2)C1. The number of aryl methyl sites for hydroxylation is 1. The number of primary amides is 2. The maximum atomic E-state index is 13.6. The summed E-state index contributed by atoms with van der Waals surface area (Å²) in [4.78, 5) is 46.0. The van der Waals surface area contributed by atoms with E-state index in [1.807, 2.05) is 30.3 Å². The number of amides is 3. The molecule has 0 bridgehead atoms. The molecule has 220 valence electrons. The Balaban J connectivity index is 1.40. The zero-order valence-corrected chi connectivity index (χ0v) is 24.2. The predicted molar refractivity (Wildman–Crippen MR) is 167 cm³/mol. The highest BCUT2D eigenvalue weighted by atomic mass is 16.2. The van der Waals surface area contributed by atoms with Gasteiger partial charge < -0.3 is 21.7 Å². The number of allylic oxidation sites excluding steroid dienone is 2. The van der Waals surface area contributed by atoms with Gasteiger partial charge in [-0.05, 0) is 85.9 Å². The van der Waals surface area contributed by atoms with Crippen LogP contribution in [-0.4, -0.2) is 35.8 Å². The second kappa shape index (κ2) is 11.9. The largest absolute Gasteiger partial charge is 0.372 e. The van der Waals surface area contributed by atoms with Gasteiger partial charge in [-0.3, -0.25) is 19.4 Å².